The molecule has 0 bridgehead atoms. The number of hydrogen-bond acceptors (Lipinski definition) is 4. The third-order valence-electron chi connectivity index (χ3n) is 7.96. The van der Waals surface area contributed by atoms with E-state index >= 15 is 0 Å². The molecule has 0 spiro atoms. The number of aromatic nitrogens is 1. The van der Waals surface area contributed by atoms with Crippen LogP contribution in [0.5, 0.6) is 5.75 Å². The van der Waals surface area contributed by atoms with Gasteiger partial charge in [-0.3, -0.25) is 9.29 Å². The Hall–Kier alpha value is -2.85. The van der Waals surface area contributed by atoms with Crippen molar-refractivity contribution in [2.45, 2.75) is 63.8 Å². The second-order valence-corrected chi connectivity index (χ2v) is 10.5. The number of alkyl halides is 5. The maximum atomic E-state index is 13.8. The van der Waals surface area contributed by atoms with Gasteiger partial charge in [0.1, 0.15) is 5.75 Å². The highest BCUT2D eigenvalue weighted by Crippen LogP contribution is 2.44. The quantitative estimate of drug-likeness (QED) is 0.279. The molecular formula is C29H35F5N4O. The van der Waals surface area contributed by atoms with Crippen LogP contribution in [0.25, 0.3) is 10.9 Å². The highest BCUT2D eigenvalue weighted by atomic mass is 19.3. The monoisotopic (exact) mass is 550 g/mol. The zero-order valence-electron chi connectivity index (χ0n) is 22.0. The Kier molecular flexibility index (Phi) is 8.61. The van der Waals surface area contributed by atoms with Crippen LogP contribution in [0.15, 0.2) is 42.5 Å². The maximum Gasteiger partial charge on any atom is 0.387 e. The Bertz CT molecular complexity index is 1240. The predicted octanol–water partition coefficient (Wildman–Crippen LogP) is 6.61. The lowest BCUT2D eigenvalue weighted by atomic mass is 9.88. The number of nitrogens with one attached hydrogen (secondary N) is 2. The van der Waals surface area contributed by atoms with Crippen molar-refractivity contribution in [3.63, 3.8) is 0 Å². The number of nitrogens with zero attached hydrogens (tertiary/aromatic N) is 2. The van der Waals surface area contributed by atoms with E-state index in [2.05, 4.69) is 15.2 Å². The summed E-state index contributed by atoms with van der Waals surface area (Å²) in [5, 5.41) is 4.43. The molecule has 39 heavy (non-hydrogen) atoms. The fourth-order valence-corrected chi connectivity index (χ4v) is 6.15. The van der Waals surface area contributed by atoms with E-state index < -0.39 is 25.6 Å². The molecule has 0 amide bonds. The normalized spacial score (nSPS) is 21.1. The van der Waals surface area contributed by atoms with Gasteiger partial charge in [-0.25, -0.2) is 8.78 Å². The van der Waals surface area contributed by atoms with Gasteiger partial charge in [-0.1, -0.05) is 24.3 Å². The van der Waals surface area contributed by atoms with Gasteiger partial charge in [0.15, 0.2) is 0 Å². The molecule has 2 aliphatic heterocycles. The summed E-state index contributed by atoms with van der Waals surface area (Å²) >= 11 is 0. The average molecular weight is 551 g/mol. The number of fused-ring (bicyclic) bond motifs is 3. The molecule has 2 aromatic carbocycles. The van der Waals surface area contributed by atoms with Gasteiger partial charge in [-0.05, 0) is 50.3 Å². The number of anilines is 1. The lowest BCUT2D eigenvalue weighted by Crippen LogP contribution is -2.45. The third-order valence-corrected chi connectivity index (χ3v) is 7.96. The van der Waals surface area contributed by atoms with Crippen LogP contribution in [-0.4, -0.2) is 72.8 Å². The molecular weight excluding hydrogens is 515 g/mol. The van der Waals surface area contributed by atoms with E-state index in [0.717, 1.165) is 54.6 Å². The molecule has 0 unspecified atom stereocenters. The Morgan fingerprint density at radius 1 is 1.08 bits per heavy atom. The summed E-state index contributed by atoms with van der Waals surface area (Å²) in [7, 11) is 0. The van der Waals surface area contributed by atoms with Gasteiger partial charge >= 0.3 is 6.61 Å². The van der Waals surface area contributed by atoms with E-state index in [1.54, 1.807) is 17.0 Å². The van der Waals surface area contributed by atoms with Gasteiger partial charge in [0.05, 0.1) is 19.3 Å². The minimum absolute atomic E-state index is 0.0293. The molecule has 5 rings (SSSR count). The second kappa shape index (κ2) is 12.1. The lowest BCUT2D eigenvalue weighted by Gasteiger charge is -2.41. The van der Waals surface area contributed by atoms with Crippen molar-refractivity contribution in [3.8, 4) is 5.75 Å². The molecule has 212 valence electrons. The molecule has 2 aliphatic rings. The number of rotatable bonds is 10. The van der Waals surface area contributed by atoms with E-state index in [1.165, 1.54) is 0 Å². The van der Waals surface area contributed by atoms with Crippen LogP contribution in [-0.2, 0) is 6.42 Å². The van der Waals surface area contributed by atoms with Crippen LogP contribution >= 0.6 is 0 Å². The molecule has 1 saturated heterocycles. The Balaban J connectivity index is 1.47. The van der Waals surface area contributed by atoms with Crippen LogP contribution in [0, 0.1) is 0 Å². The van der Waals surface area contributed by atoms with Crippen molar-refractivity contribution in [1.29, 1.82) is 0 Å². The highest BCUT2D eigenvalue weighted by molar-refractivity contribution is 5.85. The maximum absolute atomic E-state index is 13.8. The first-order valence-electron chi connectivity index (χ1n) is 13.6. The SMILES string of the molecule is C[C@@H]1Cc2c([nH]c3ccccc23)[C@@H](c2ccc(NC3CCN(CCCF)CC3)cc2OC(F)F)N1CC(F)F. The van der Waals surface area contributed by atoms with E-state index in [-0.39, 0.29) is 24.5 Å². The smallest absolute Gasteiger partial charge is 0.387 e. The molecule has 0 aliphatic carbocycles. The molecule has 2 atom stereocenters. The van der Waals surface area contributed by atoms with E-state index in [9.17, 15) is 22.0 Å². The van der Waals surface area contributed by atoms with Crippen molar-refractivity contribution in [2.75, 3.05) is 38.2 Å². The first-order valence-corrected chi connectivity index (χ1v) is 13.6. The van der Waals surface area contributed by atoms with Crippen LogP contribution in [0.4, 0.5) is 27.6 Å². The number of ether oxygens (including phenoxy) is 1. The molecule has 10 heteroatoms. The van der Waals surface area contributed by atoms with Crippen molar-refractivity contribution in [3.05, 3.63) is 59.3 Å². The number of likely N-dealkylation sites (tertiary alicyclic amines) is 1. The number of aromatic amines is 1. The largest absolute Gasteiger partial charge is 0.434 e. The van der Waals surface area contributed by atoms with Crippen LogP contribution < -0.4 is 10.1 Å². The predicted molar refractivity (Wildman–Crippen MR) is 143 cm³/mol. The Morgan fingerprint density at radius 2 is 1.85 bits per heavy atom. The summed E-state index contributed by atoms with van der Waals surface area (Å²) in [5.41, 5.74) is 3.68. The molecule has 2 N–H and O–H groups in total. The van der Waals surface area contributed by atoms with Gasteiger partial charge in [0.2, 0.25) is 0 Å². The number of piperidine rings is 1. The number of benzene rings is 2. The molecule has 1 aromatic heterocycles. The van der Waals surface area contributed by atoms with Crippen molar-refractivity contribution < 1.29 is 26.7 Å². The Morgan fingerprint density at radius 3 is 2.56 bits per heavy atom. The molecule has 0 radical (unpaired) electrons. The number of para-hydroxylation sites is 1. The zero-order chi connectivity index (χ0) is 27.5. The van der Waals surface area contributed by atoms with Crippen LogP contribution in [0.3, 0.4) is 0 Å². The van der Waals surface area contributed by atoms with Crippen LogP contribution in [0.1, 0.15) is 49.0 Å². The molecule has 5 nitrogen and oxygen atoms in total. The topological polar surface area (TPSA) is 43.5 Å². The summed E-state index contributed by atoms with van der Waals surface area (Å²) in [6.07, 6.45) is 0.197. The van der Waals surface area contributed by atoms with Gasteiger partial charge in [-0.2, -0.15) is 8.78 Å². The van der Waals surface area contributed by atoms with E-state index in [0.29, 0.717) is 24.1 Å². The lowest BCUT2D eigenvalue weighted by molar-refractivity contribution is -0.0515. The first kappa shape index (κ1) is 27.7. The molecule has 3 heterocycles. The van der Waals surface area contributed by atoms with E-state index in [1.807, 2.05) is 37.3 Å². The van der Waals surface area contributed by atoms with Gasteiger partial charge in [0, 0.05) is 65.6 Å². The third kappa shape index (κ3) is 6.17. The van der Waals surface area contributed by atoms with Gasteiger partial charge < -0.3 is 19.9 Å². The average Bonchev–Trinajstić information content (AvgIpc) is 3.27. The summed E-state index contributed by atoms with van der Waals surface area (Å²) in [6, 6.07) is 12.0. The summed E-state index contributed by atoms with van der Waals surface area (Å²) in [6.45, 7) is 0.411. The number of H-pyrrole nitrogens is 1. The standard InChI is InChI=1S/C29H35F5N4O/c1-18-15-23-21-5-2-3-6-24(21)36-27(23)28(38(18)17-26(31)32)22-8-7-20(16-25(22)39-29(33)34)35-19-9-13-37(14-10-19)12-4-11-30/h2-3,5-8,16,18-19,26,28-29,35-36H,4,9-15,17H2,1H3/t18-,28-/m1/s1. The van der Waals surface area contributed by atoms with Gasteiger partial charge in [-0.15, -0.1) is 0 Å². The molecule has 0 saturated carbocycles. The fraction of sp³-hybridized carbons (Fsp3) is 0.517. The molecule has 3 aromatic rings. The first-order chi connectivity index (χ1) is 18.8. The number of hydrogen-bond donors (Lipinski definition) is 2. The highest BCUT2D eigenvalue weighted by Gasteiger charge is 2.38. The summed E-state index contributed by atoms with van der Waals surface area (Å²) < 4.78 is 72.3. The fourth-order valence-electron chi connectivity index (χ4n) is 6.15. The minimum Gasteiger partial charge on any atom is -0.434 e. The Labute approximate surface area is 225 Å². The van der Waals surface area contributed by atoms with Crippen molar-refractivity contribution >= 4 is 16.6 Å². The zero-order valence-corrected chi connectivity index (χ0v) is 22.0. The van der Waals surface area contributed by atoms with Gasteiger partial charge in [0.25, 0.3) is 6.43 Å². The summed E-state index contributed by atoms with van der Waals surface area (Å²) in [4.78, 5) is 7.30. The van der Waals surface area contributed by atoms with Crippen LogP contribution in [0.2, 0.25) is 0 Å². The summed E-state index contributed by atoms with van der Waals surface area (Å²) in [5.74, 6) is -0.0293. The number of halogens is 5. The van der Waals surface area contributed by atoms with Crippen molar-refractivity contribution in [2.24, 2.45) is 0 Å². The second-order valence-electron chi connectivity index (χ2n) is 10.5. The molecule has 1 fully saturated rings. The van der Waals surface area contributed by atoms with Crippen molar-refractivity contribution in [1.82, 2.24) is 14.8 Å². The minimum atomic E-state index is -3.07. The van der Waals surface area contributed by atoms with E-state index in [4.69, 9.17) is 4.74 Å².